The molecule has 0 unspecified atom stereocenters. The number of unbranched alkanes of at least 4 members (excludes halogenated alkanes) is 3. The molecule has 3 rings (SSSR count). The van der Waals surface area contributed by atoms with Crippen LogP contribution in [0.5, 0.6) is 0 Å². The normalized spacial score (nSPS) is 18.4. The Morgan fingerprint density at radius 3 is 2.43 bits per heavy atom. The largest absolute Gasteiger partial charge is 0.354 e. The van der Waals surface area contributed by atoms with Crippen molar-refractivity contribution in [3.63, 3.8) is 0 Å². The lowest BCUT2D eigenvalue weighted by Crippen LogP contribution is -2.48. The second kappa shape index (κ2) is 10.6. The second-order valence-corrected chi connectivity index (χ2v) is 8.80. The van der Waals surface area contributed by atoms with Crippen LogP contribution in [0, 0.1) is 12.7 Å². The Kier molecular flexibility index (Phi) is 7.91. The van der Waals surface area contributed by atoms with Crippen molar-refractivity contribution in [2.75, 3.05) is 12.3 Å². The Morgan fingerprint density at radius 2 is 1.77 bits per heavy atom. The topological polar surface area (TPSA) is 49.4 Å². The number of rotatable bonds is 8. The monoisotopic (exact) mass is 428 g/mol. The van der Waals surface area contributed by atoms with Gasteiger partial charge in [-0.2, -0.15) is 0 Å². The minimum atomic E-state index is -0.551. The van der Waals surface area contributed by atoms with Crippen molar-refractivity contribution in [2.24, 2.45) is 0 Å². The highest BCUT2D eigenvalue weighted by Gasteiger charge is 2.42. The molecule has 2 aromatic rings. The molecule has 1 saturated heterocycles. The number of carbonyl (C=O) groups excluding carboxylic acids is 2. The summed E-state index contributed by atoms with van der Waals surface area (Å²) in [5.41, 5.74) is 2.44. The number of benzene rings is 2. The van der Waals surface area contributed by atoms with Gasteiger partial charge in [0, 0.05) is 17.9 Å². The quantitative estimate of drug-likeness (QED) is 0.596. The number of hydrogen-bond acceptors (Lipinski definition) is 3. The zero-order chi connectivity index (χ0) is 21.5. The first-order chi connectivity index (χ1) is 14.5. The predicted octanol–water partition coefficient (Wildman–Crippen LogP) is 5.09. The van der Waals surface area contributed by atoms with Crippen molar-refractivity contribution in [2.45, 2.75) is 50.9 Å². The van der Waals surface area contributed by atoms with Crippen molar-refractivity contribution < 1.29 is 14.0 Å². The van der Waals surface area contributed by atoms with Gasteiger partial charge in [-0.1, -0.05) is 56.0 Å². The number of aryl methyl sites for hydroxylation is 1. The third kappa shape index (κ3) is 5.42. The zero-order valence-electron chi connectivity index (χ0n) is 17.6. The van der Waals surface area contributed by atoms with Crippen LogP contribution in [-0.4, -0.2) is 35.1 Å². The lowest BCUT2D eigenvalue weighted by Gasteiger charge is -2.29. The lowest BCUT2D eigenvalue weighted by atomic mass is 10.1. The van der Waals surface area contributed by atoms with Gasteiger partial charge in [-0.05, 0) is 43.2 Å². The fraction of sp³-hybridized carbons (Fsp3) is 0.417. The SMILES string of the molecule is CCCCCCNC(=O)[C@@H]1CS[C@@H](c2ccc(F)cc2)N1C(=O)c1ccc(C)cc1. The summed E-state index contributed by atoms with van der Waals surface area (Å²) in [5, 5.41) is 2.68. The average molecular weight is 429 g/mol. The Balaban J connectivity index is 1.80. The maximum Gasteiger partial charge on any atom is 0.255 e. The van der Waals surface area contributed by atoms with Gasteiger partial charge in [0.15, 0.2) is 0 Å². The zero-order valence-corrected chi connectivity index (χ0v) is 18.4. The van der Waals surface area contributed by atoms with Gasteiger partial charge in [-0.15, -0.1) is 11.8 Å². The van der Waals surface area contributed by atoms with Crippen LogP contribution in [-0.2, 0) is 4.79 Å². The van der Waals surface area contributed by atoms with Crippen molar-refractivity contribution in [3.05, 3.63) is 71.0 Å². The molecule has 0 bridgehead atoms. The summed E-state index contributed by atoms with van der Waals surface area (Å²) in [6, 6.07) is 13.0. The minimum absolute atomic E-state index is 0.121. The van der Waals surface area contributed by atoms with Crippen LogP contribution in [0.25, 0.3) is 0 Å². The molecular weight excluding hydrogens is 399 g/mol. The van der Waals surface area contributed by atoms with Gasteiger partial charge in [0.1, 0.15) is 17.2 Å². The molecule has 160 valence electrons. The van der Waals surface area contributed by atoms with Crippen LogP contribution in [0.1, 0.15) is 59.5 Å². The standard InChI is InChI=1S/C24H29FN2O2S/c1-3-4-5-6-15-26-22(28)21-16-30-24(19-11-13-20(25)14-12-19)27(21)23(29)18-9-7-17(2)8-10-18/h7-14,21,24H,3-6,15-16H2,1-2H3,(H,26,28)/t21-,24-/m0/s1. The molecule has 1 aliphatic heterocycles. The van der Waals surface area contributed by atoms with E-state index in [4.69, 9.17) is 0 Å². The molecule has 0 saturated carbocycles. The molecule has 1 aliphatic rings. The van der Waals surface area contributed by atoms with Crippen LogP contribution in [0.3, 0.4) is 0 Å². The lowest BCUT2D eigenvalue weighted by molar-refractivity contribution is -0.124. The summed E-state index contributed by atoms with van der Waals surface area (Å²) in [6.07, 6.45) is 4.32. The van der Waals surface area contributed by atoms with Crippen LogP contribution in [0.2, 0.25) is 0 Å². The molecule has 1 N–H and O–H groups in total. The Labute approximate surface area is 182 Å². The summed E-state index contributed by atoms with van der Waals surface area (Å²) in [5.74, 6) is -0.107. The van der Waals surface area contributed by atoms with E-state index in [2.05, 4.69) is 12.2 Å². The van der Waals surface area contributed by atoms with E-state index in [9.17, 15) is 14.0 Å². The van der Waals surface area contributed by atoms with Crippen molar-refractivity contribution >= 4 is 23.6 Å². The smallest absolute Gasteiger partial charge is 0.255 e. The van der Waals surface area contributed by atoms with E-state index in [1.165, 1.54) is 12.1 Å². The summed E-state index contributed by atoms with van der Waals surface area (Å²) in [4.78, 5) is 28.0. The number of nitrogens with one attached hydrogen (secondary N) is 1. The van der Waals surface area contributed by atoms with E-state index in [1.54, 1.807) is 40.9 Å². The molecule has 6 heteroatoms. The predicted molar refractivity (Wildman–Crippen MR) is 120 cm³/mol. The minimum Gasteiger partial charge on any atom is -0.354 e. The van der Waals surface area contributed by atoms with Gasteiger partial charge < -0.3 is 10.2 Å². The molecule has 30 heavy (non-hydrogen) atoms. The summed E-state index contributed by atoms with van der Waals surface area (Å²) in [7, 11) is 0. The molecule has 0 radical (unpaired) electrons. The van der Waals surface area contributed by atoms with Crippen LogP contribution < -0.4 is 5.32 Å². The highest BCUT2D eigenvalue weighted by Crippen LogP contribution is 2.42. The molecular formula is C24H29FN2O2S. The first-order valence-corrected chi connectivity index (χ1v) is 11.6. The van der Waals surface area contributed by atoms with Gasteiger partial charge in [-0.25, -0.2) is 4.39 Å². The number of carbonyl (C=O) groups is 2. The van der Waals surface area contributed by atoms with E-state index in [1.807, 2.05) is 19.1 Å². The summed E-state index contributed by atoms with van der Waals surface area (Å²) >= 11 is 1.54. The van der Waals surface area contributed by atoms with Gasteiger partial charge in [-0.3, -0.25) is 9.59 Å². The molecule has 2 amide bonds. The summed E-state index contributed by atoms with van der Waals surface area (Å²) < 4.78 is 13.4. The number of halogens is 1. The van der Waals surface area contributed by atoms with Gasteiger partial charge >= 0.3 is 0 Å². The fourth-order valence-corrected chi connectivity index (χ4v) is 5.00. The number of hydrogen-bond donors (Lipinski definition) is 1. The fourth-order valence-electron chi connectivity index (χ4n) is 3.57. The molecule has 4 nitrogen and oxygen atoms in total. The number of amides is 2. The molecule has 0 aromatic heterocycles. The number of nitrogens with zero attached hydrogens (tertiary/aromatic N) is 1. The first-order valence-electron chi connectivity index (χ1n) is 10.6. The van der Waals surface area contributed by atoms with Crippen LogP contribution >= 0.6 is 11.8 Å². The van der Waals surface area contributed by atoms with Crippen molar-refractivity contribution in [1.29, 1.82) is 0 Å². The molecule has 1 heterocycles. The van der Waals surface area contributed by atoms with E-state index in [0.717, 1.165) is 36.8 Å². The van der Waals surface area contributed by atoms with Crippen molar-refractivity contribution in [1.82, 2.24) is 10.2 Å². The van der Waals surface area contributed by atoms with E-state index in [-0.39, 0.29) is 23.0 Å². The van der Waals surface area contributed by atoms with E-state index >= 15 is 0 Å². The maximum absolute atomic E-state index is 13.4. The Bertz CT molecular complexity index is 855. The Hall–Kier alpha value is -2.34. The van der Waals surface area contributed by atoms with Crippen molar-refractivity contribution in [3.8, 4) is 0 Å². The van der Waals surface area contributed by atoms with Crippen LogP contribution in [0.15, 0.2) is 48.5 Å². The molecule has 2 atom stereocenters. The second-order valence-electron chi connectivity index (χ2n) is 7.68. The van der Waals surface area contributed by atoms with Gasteiger partial charge in [0.25, 0.3) is 5.91 Å². The third-order valence-corrected chi connectivity index (χ3v) is 6.64. The Morgan fingerprint density at radius 1 is 1.07 bits per heavy atom. The van der Waals surface area contributed by atoms with E-state index < -0.39 is 6.04 Å². The molecule has 2 aromatic carbocycles. The molecule has 0 aliphatic carbocycles. The first kappa shape index (κ1) is 22.3. The maximum atomic E-state index is 13.4. The van der Waals surface area contributed by atoms with E-state index in [0.29, 0.717) is 17.9 Å². The average Bonchev–Trinajstić information content (AvgIpc) is 3.19. The highest BCUT2D eigenvalue weighted by molar-refractivity contribution is 7.99. The van der Waals surface area contributed by atoms with Gasteiger partial charge in [0.05, 0.1) is 0 Å². The third-order valence-electron chi connectivity index (χ3n) is 5.32. The highest BCUT2D eigenvalue weighted by atomic mass is 32.2. The number of thioether (sulfide) groups is 1. The van der Waals surface area contributed by atoms with Crippen LogP contribution in [0.4, 0.5) is 4.39 Å². The summed E-state index contributed by atoms with van der Waals surface area (Å²) in [6.45, 7) is 4.74. The van der Waals surface area contributed by atoms with Gasteiger partial charge in [0.2, 0.25) is 5.91 Å². The molecule has 1 fully saturated rings. The molecule has 0 spiro atoms.